The minimum absolute atomic E-state index is 0.0432. The number of fused-ring (bicyclic) bond motifs is 1. The molecule has 0 saturated carbocycles. The second kappa shape index (κ2) is 7.83. The summed E-state index contributed by atoms with van der Waals surface area (Å²) in [5, 5.41) is 5.52. The van der Waals surface area contributed by atoms with Crippen molar-refractivity contribution in [2.24, 2.45) is 0 Å². The average Bonchev–Trinajstić information content (AvgIpc) is 3.12. The predicted molar refractivity (Wildman–Crippen MR) is 101 cm³/mol. The van der Waals surface area contributed by atoms with E-state index >= 15 is 0 Å². The summed E-state index contributed by atoms with van der Waals surface area (Å²) in [6.45, 7) is 3.39. The Kier molecular flexibility index (Phi) is 5.33. The quantitative estimate of drug-likeness (QED) is 0.751. The molecule has 1 heterocycles. The zero-order chi connectivity index (χ0) is 17.6. The largest absolute Gasteiger partial charge is 0.335 e. The van der Waals surface area contributed by atoms with Crippen LogP contribution in [0, 0.1) is 0 Å². The van der Waals surface area contributed by atoms with E-state index in [1.807, 2.05) is 30.8 Å². The van der Waals surface area contributed by atoms with E-state index < -0.39 is 0 Å². The van der Waals surface area contributed by atoms with Crippen molar-refractivity contribution in [2.75, 3.05) is 13.6 Å². The fourth-order valence-electron chi connectivity index (χ4n) is 2.98. The first kappa shape index (κ1) is 17.0. The van der Waals surface area contributed by atoms with Crippen LogP contribution >= 0.6 is 0 Å². The molecule has 0 aliphatic heterocycles. The van der Waals surface area contributed by atoms with E-state index in [9.17, 15) is 4.79 Å². The zero-order valence-electron chi connectivity index (χ0n) is 14.7. The van der Waals surface area contributed by atoms with Gasteiger partial charge in [0.1, 0.15) is 0 Å². The van der Waals surface area contributed by atoms with Gasteiger partial charge in [-0.2, -0.15) is 0 Å². The molecule has 0 spiro atoms. The van der Waals surface area contributed by atoms with Crippen LogP contribution in [0.25, 0.3) is 10.8 Å². The van der Waals surface area contributed by atoms with Crippen LogP contribution in [0.15, 0.2) is 61.2 Å². The number of likely N-dealkylation sites (N-methyl/N-ethyl adjacent to an activating group) is 1. The van der Waals surface area contributed by atoms with Crippen LogP contribution in [0.3, 0.4) is 0 Å². The second-order valence-electron chi connectivity index (χ2n) is 6.42. The summed E-state index contributed by atoms with van der Waals surface area (Å²) in [6.07, 6.45) is 6.23. The average molecular weight is 336 g/mol. The lowest BCUT2D eigenvalue weighted by molar-refractivity contribution is 0.204. The maximum Gasteiger partial charge on any atom is 0.317 e. The van der Waals surface area contributed by atoms with Gasteiger partial charge in [0.2, 0.25) is 0 Å². The number of hydrogen-bond acceptors (Lipinski definition) is 2. The fourth-order valence-corrected chi connectivity index (χ4v) is 2.98. The van der Waals surface area contributed by atoms with Crippen LogP contribution < -0.4 is 5.32 Å². The van der Waals surface area contributed by atoms with E-state index in [4.69, 9.17) is 0 Å². The van der Waals surface area contributed by atoms with Gasteiger partial charge in [0.05, 0.1) is 6.33 Å². The van der Waals surface area contributed by atoms with E-state index in [0.29, 0.717) is 13.1 Å². The van der Waals surface area contributed by atoms with Crippen molar-refractivity contribution in [3.63, 3.8) is 0 Å². The maximum absolute atomic E-state index is 12.4. The predicted octanol–water partition coefficient (Wildman–Crippen LogP) is 3.31. The number of carbonyl (C=O) groups excluding carboxylic acids is 1. The molecule has 3 rings (SSSR count). The standard InChI is InChI=1S/C20H24N4O/c1-16(14-24-13-11-21-15-24)22-20(25)23(2)12-10-18-8-5-7-17-6-3-4-9-19(17)18/h3-9,11,13,15-16H,10,12,14H2,1-2H3,(H,22,25)/t16-/m0/s1. The third-order valence-electron chi connectivity index (χ3n) is 4.36. The van der Waals surface area contributed by atoms with E-state index in [0.717, 1.165) is 6.42 Å². The van der Waals surface area contributed by atoms with E-state index in [-0.39, 0.29) is 12.1 Å². The molecule has 2 amide bonds. The molecule has 1 atom stereocenters. The molecule has 5 nitrogen and oxygen atoms in total. The molecule has 2 aromatic carbocycles. The van der Waals surface area contributed by atoms with Gasteiger partial charge in [0, 0.05) is 38.6 Å². The number of hydrogen-bond donors (Lipinski definition) is 1. The van der Waals surface area contributed by atoms with Crippen molar-refractivity contribution in [1.82, 2.24) is 19.8 Å². The molecule has 0 unspecified atom stereocenters. The first-order valence-corrected chi connectivity index (χ1v) is 8.57. The van der Waals surface area contributed by atoms with Gasteiger partial charge in [-0.05, 0) is 29.7 Å². The smallest absolute Gasteiger partial charge is 0.317 e. The summed E-state index contributed by atoms with van der Waals surface area (Å²) in [5.41, 5.74) is 1.27. The molecule has 0 bridgehead atoms. The SMILES string of the molecule is C[C@@H](Cn1ccnc1)NC(=O)N(C)CCc1cccc2ccccc12. The zero-order valence-corrected chi connectivity index (χ0v) is 14.7. The van der Waals surface area contributed by atoms with Crippen LogP contribution in [0.1, 0.15) is 12.5 Å². The van der Waals surface area contributed by atoms with Gasteiger partial charge >= 0.3 is 6.03 Å². The number of benzene rings is 2. The van der Waals surface area contributed by atoms with Crippen molar-refractivity contribution < 1.29 is 4.79 Å². The number of aromatic nitrogens is 2. The Morgan fingerprint density at radius 3 is 2.84 bits per heavy atom. The van der Waals surface area contributed by atoms with Gasteiger partial charge < -0.3 is 14.8 Å². The monoisotopic (exact) mass is 336 g/mol. The molecule has 0 radical (unpaired) electrons. The van der Waals surface area contributed by atoms with Gasteiger partial charge in [-0.15, -0.1) is 0 Å². The maximum atomic E-state index is 12.4. The lowest BCUT2D eigenvalue weighted by atomic mass is 10.0. The Morgan fingerprint density at radius 2 is 2.04 bits per heavy atom. The van der Waals surface area contributed by atoms with Crippen LogP contribution in [0.5, 0.6) is 0 Å². The lowest BCUT2D eigenvalue weighted by Gasteiger charge is -2.22. The molecule has 0 saturated heterocycles. The number of amides is 2. The normalized spacial score (nSPS) is 12.1. The topological polar surface area (TPSA) is 50.2 Å². The third-order valence-corrected chi connectivity index (χ3v) is 4.36. The first-order chi connectivity index (χ1) is 12.1. The van der Waals surface area contributed by atoms with Crippen molar-refractivity contribution in [2.45, 2.75) is 25.9 Å². The van der Waals surface area contributed by atoms with E-state index in [1.165, 1.54) is 16.3 Å². The van der Waals surface area contributed by atoms with Crippen LogP contribution in [-0.4, -0.2) is 40.1 Å². The number of imidazole rings is 1. The fraction of sp³-hybridized carbons (Fsp3) is 0.300. The van der Waals surface area contributed by atoms with E-state index in [1.54, 1.807) is 17.4 Å². The molecule has 1 N–H and O–H groups in total. The van der Waals surface area contributed by atoms with Crippen LogP contribution in [0.2, 0.25) is 0 Å². The number of carbonyl (C=O) groups is 1. The van der Waals surface area contributed by atoms with E-state index in [2.05, 4.69) is 46.7 Å². The highest BCUT2D eigenvalue weighted by atomic mass is 16.2. The van der Waals surface area contributed by atoms with Gasteiger partial charge in [-0.3, -0.25) is 0 Å². The summed E-state index contributed by atoms with van der Waals surface area (Å²) >= 11 is 0. The molecule has 25 heavy (non-hydrogen) atoms. The molecule has 1 aromatic heterocycles. The molecule has 0 aliphatic carbocycles. The molecule has 130 valence electrons. The number of rotatable bonds is 6. The third kappa shape index (κ3) is 4.38. The number of urea groups is 1. The Bertz CT molecular complexity index is 823. The van der Waals surface area contributed by atoms with Gasteiger partial charge in [-0.25, -0.2) is 9.78 Å². The Hall–Kier alpha value is -2.82. The molecular weight excluding hydrogens is 312 g/mol. The minimum atomic E-state index is -0.0483. The van der Waals surface area contributed by atoms with Crippen molar-refractivity contribution in [3.05, 3.63) is 66.7 Å². The van der Waals surface area contributed by atoms with Crippen LogP contribution in [-0.2, 0) is 13.0 Å². The molecule has 0 fully saturated rings. The summed E-state index contributed by atoms with van der Waals surface area (Å²) < 4.78 is 1.96. The first-order valence-electron chi connectivity index (χ1n) is 8.57. The lowest BCUT2D eigenvalue weighted by Crippen LogP contribution is -2.44. The highest BCUT2D eigenvalue weighted by Crippen LogP contribution is 2.19. The van der Waals surface area contributed by atoms with Crippen molar-refractivity contribution in [1.29, 1.82) is 0 Å². The molecule has 3 aromatic rings. The van der Waals surface area contributed by atoms with Crippen molar-refractivity contribution in [3.8, 4) is 0 Å². The molecular formula is C20H24N4O. The summed E-state index contributed by atoms with van der Waals surface area (Å²) in [5.74, 6) is 0. The Labute approximate surface area is 148 Å². The number of nitrogens with one attached hydrogen (secondary N) is 1. The minimum Gasteiger partial charge on any atom is -0.335 e. The highest BCUT2D eigenvalue weighted by molar-refractivity contribution is 5.85. The Morgan fingerprint density at radius 1 is 1.24 bits per heavy atom. The highest BCUT2D eigenvalue weighted by Gasteiger charge is 2.12. The van der Waals surface area contributed by atoms with Crippen molar-refractivity contribution >= 4 is 16.8 Å². The van der Waals surface area contributed by atoms with Gasteiger partial charge in [0.25, 0.3) is 0 Å². The number of nitrogens with zero attached hydrogens (tertiary/aromatic N) is 3. The van der Waals surface area contributed by atoms with Gasteiger partial charge in [0.15, 0.2) is 0 Å². The molecule has 5 heteroatoms. The summed E-state index contributed by atoms with van der Waals surface area (Å²) in [6, 6.07) is 14.7. The Balaban J connectivity index is 1.54. The molecule has 0 aliphatic rings. The summed E-state index contributed by atoms with van der Waals surface area (Å²) in [7, 11) is 1.84. The van der Waals surface area contributed by atoms with Crippen LogP contribution in [0.4, 0.5) is 4.79 Å². The summed E-state index contributed by atoms with van der Waals surface area (Å²) in [4.78, 5) is 18.1. The van der Waals surface area contributed by atoms with Gasteiger partial charge in [-0.1, -0.05) is 42.5 Å². The second-order valence-corrected chi connectivity index (χ2v) is 6.42.